The summed E-state index contributed by atoms with van der Waals surface area (Å²) < 4.78 is 19.0. The summed E-state index contributed by atoms with van der Waals surface area (Å²) in [6.07, 6.45) is -0.560. The number of ether oxygens (including phenoxy) is 1. The molecule has 4 rings (SSSR count). The summed E-state index contributed by atoms with van der Waals surface area (Å²) in [5.74, 6) is -2.81. The Morgan fingerprint density at radius 3 is 2.21 bits per heavy atom. The number of carboxylic acid groups (broad SMARTS) is 1. The molecule has 34 heavy (non-hydrogen) atoms. The van der Waals surface area contributed by atoms with Crippen LogP contribution in [0.3, 0.4) is 0 Å². The molecule has 0 aliphatic heterocycles. The molecular formula is C26H23FN2O5. The first-order valence-electron chi connectivity index (χ1n) is 10.8. The number of amides is 2. The minimum absolute atomic E-state index is 0.0883. The molecule has 1 atom stereocenters. The number of alkyl carbamates (subject to hydrolysis) is 1. The number of aromatic carboxylic acids is 1. The van der Waals surface area contributed by atoms with Crippen molar-refractivity contribution in [3.63, 3.8) is 0 Å². The van der Waals surface area contributed by atoms with Crippen LogP contribution in [0.5, 0.6) is 0 Å². The standard InChI is InChI=1S/C26H23FN2O5/c1-2-22(24(30)28-23-13-15(27)11-12-20(23)25(31)32)29-26(33)34-14-21-18-9-5-3-7-16(18)17-8-4-6-10-19(17)21/h3-13,21-22H,2,14H2,1H3,(H,28,30)(H,29,33)(H,31,32)/t22-/m1/s1. The lowest BCUT2D eigenvalue weighted by atomic mass is 9.98. The minimum Gasteiger partial charge on any atom is -0.478 e. The van der Waals surface area contributed by atoms with Gasteiger partial charge in [0, 0.05) is 5.92 Å². The summed E-state index contributed by atoms with van der Waals surface area (Å²) in [5, 5.41) is 14.2. The molecular weight excluding hydrogens is 439 g/mol. The topological polar surface area (TPSA) is 105 Å². The third-order valence-electron chi connectivity index (χ3n) is 5.83. The molecule has 0 fully saturated rings. The van der Waals surface area contributed by atoms with Crippen LogP contribution >= 0.6 is 0 Å². The van der Waals surface area contributed by atoms with Gasteiger partial charge in [0.1, 0.15) is 18.5 Å². The summed E-state index contributed by atoms with van der Waals surface area (Å²) in [7, 11) is 0. The zero-order valence-corrected chi connectivity index (χ0v) is 18.4. The van der Waals surface area contributed by atoms with E-state index in [1.165, 1.54) is 0 Å². The maximum atomic E-state index is 13.6. The van der Waals surface area contributed by atoms with Crippen LogP contribution in [0.1, 0.15) is 40.7 Å². The van der Waals surface area contributed by atoms with E-state index in [1.54, 1.807) is 6.92 Å². The Hall–Kier alpha value is -4.20. The lowest BCUT2D eigenvalue weighted by Crippen LogP contribution is -2.44. The SMILES string of the molecule is CC[C@@H](NC(=O)OCC1c2ccccc2-c2ccccc21)C(=O)Nc1cc(F)ccc1C(=O)O. The molecule has 7 nitrogen and oxygen atoms in total. The molecule has 2 amide bonds. The number of carbonyl (C=O) groups excluding carboxylic acids is 2. The van der Waals surface area contributed by atoms with Crippen molar-refractivity contribution in [2.45, 2.75) is 25.3 Å². The Labute approximate surface area is 195 Å². The number of carboxylic acids is 1. The third kappa shape index (κ3) is 4.61. The van der Waals surface area contributed by atoms with E-state index in [4.69, 9.17) is 4.74 Å². The Morgan fingerprint density at radius 1 is 1.00 bits per heavy atom. The second-order valence-electron chi connectivity index (χ2n) is 7.92. The molecule has 1 aliphatic carbocycles. The first kappa shape index (κ1) is 23.0. The number of fused-ring (bicyclic) bond motifs is 3. The number of carbonyl (C=O) groups is 3. The van der Waals surface area contributed by atoms with E-state index >= 15 is 0 Å². The van der Waals surface area contributed by atoms with E-state index in [2.05, 4.69) is 10.6 Å². The van der Waals surface area contributed by atoms with Crippen molar-refractivity contribution in [1.82, 2.24) is 5.32 Å². The van der Waals surface area contributed by atoms with E-state index in [1.807, 2.05) is 48.5 Å². The number of benzene rings is 3. The van der Waals surface area contributed by atoms with Crippen LogP contribution in [0.15, 0.2) is 66.7 Å². The average Bonchev–Trinajstić information content (AvgIpc) is 3.14. The van der Waals surface area contributed by atoms with Crippen LogP contribution in [0.4, 0.5) is 14.9 Å². The van der Waals surface area contributed by atoms with Gasteiger partial charge in [-0.3, -0.25) is 4.79 Å². The lowest BCUT2D eigenvalue weighted by Gasteiger charge is -2.19. The van der Waals surface area contributed by atoms with E-state index in [-0.39, 0.29) is 30.2 Å². The molecule has 1 aliphatic rings. The van der Waals surface area contributed by atoms with Crippen LogP contribution in [0.2, 0.25) is 0 Å². The fourth-order valence-electron chi connectivity index (χ4n) is 4.16. The van der Waals surface area contributed by atoms with E-state index in [0.29, 0.717) is 0 Å². The molecule has 0 bridgehead atoms. The number of hydrogen-bond donors (Lipinski definition) is 3. The lowest BCUT2D eigenvalue weighted by molar-refractivity contribution is -0.118. The van der Waals surface area contributed by atoms with Crippen LogP contribution in [-0.4, -0.2) is 35.7 Å². The monoisotopic (exact) mass is 462 g/mol. The fourth-order valence-corrected chi connectivity index (χ4v) is 4.16. The molecule has 3 aromatic carbocycles. The summed E-state index contributed by atoms with van der Waals surface area (Å²) in [5.41, 5.74) is 3.88. The van der Waals surface area contributed by atoms with Gasteiger partial charge in [0.2, 0.25) is 5.91 Å². The van der Waals surface area contributed by atoms with Gasteiger partial charge in [-0.25, -0.2) is 14.0 Å². The Morgan fingerprint density at radius 2 is 1.62 bits per heavy atom. The molecule has 0 aromatic heterocycles. The van der Waals surface area contributed by atoms with Crippen molar-refractivity contribution in [2.75, 3.05) is 11.9 Å². The Bertz CT molecular complexity index is 1210. The smallest absolute Gasteiger partial charge is 0.407 e. The fraction of sp³-hybridized carbons (Fsp3) is 0.192. The summed E-state index contributed by atoms with van der Waals surface area (Å²) in [4.78, 5) is 36.5. The number of rotatable bonds is 7. The predicted molar refractivity (Wildman–Crippen MR) is 124 cm³/mol. The third-order valence-corrected chi connectivity index (χ3v) is 5.83. The molecule has 3 N–H and O–H groups in total. The predicted octanol–water partition coefficient (Wildman–Crippen LogP) is 4.78. The molecule has 174 valence electrons. The van der Waals surface area contributed by atoms with E-state index < -0.39 is 29.8 Å². The Kier molecular flexibility index (Phi) is 6.58. The molecule has 3 aromatic rings. The zero-order chi connectivity index (χ0) is 24.2. The summed E-state index contributed by atoms with van der Waals surface area (Å²) in [6, 6.07) is 17.8. The summed E-state index contributed by atoms with van der Waals surface area (Å²) in [6.45, 7) is 1.77. The van der Waals surface area contributed by atoms with Crippen molar-refractivity contribution in [3.05, 3.63) is 89.2 Å². The van der Waals surface area contributed by atoms with Crippen LogP contribution in [0, 0.1) is 5.82 Å². The summed E-state index contributed by atoms with van der Waals surface area (Å²) >= 11 is 0. The molecule has 0 unspecified atom stereocenters. The van der Waals surface area contributed by atoms with E-state index in [0.717, 1.165) is 40.5 Å². The van der Waals surface area contributed by atoms with Gasteiger partial charge in [-0.15, -0.1) is 0 Å². The largest absolute Gasteiger partial charge is 0.478 e. The van der Waals surface area contributed by atoms with Gasteiger partial charge in [-0.05, 0) is 46.9 Å². The van der Waals surface area contributed by atoms with Crippen molar-refractivity contribution >= 4 is 23.7 Å². The highest BCUT2D eigenvalue weighted by atomic mass is 19.1. The number of anilines is 1. The highest BCUT2D eigenvalue weighted by Crippen LogP contribution is 2.44. The normalized spacial score (nSPS) is 12.9. The number of nitrogens with one attached hydrogen (secondary N) is 2. The molecule has 0 radical (unpaired) electrons. The quantitative estimate of drug-likeness (QED) is 0.469. The van der Waals surface area contributed by atoms with Crippen LogP contribution < -0.4 is 10.6 Å². The molecule has 0 saturated heterocycles. The van der Waals surface area contributed by atoms with Crippen molar-refractivity contribution < 1.29 is 28.6 Å². The van der Waals surface area contributed by atoms with Crippen molar-refractivity contribution in [1.29, 1.82) is 0 Å². The van der Waals surface area contributed by atoms with Gasteiger partial charge in [-0.1, -0.05) is 55.5 Å². The van der Waals surface area contributed by atoms with Gasteiger partial charge < -0.3 is 20.5 Å². The maximum absolute atomic E-state index is 13.6. The molecule has 0 heterocycles. The van der Waals surface area contributed by atoms with Crippen LogP contribution in [-0.2, 0) is 9.53 Å². The van der Waals surface area contributed by atoms with Crippen molar-refractivity contribution in [3.8, 4) is 11.1 Å². The van der Waals surface area contributed by atoms with Gasteiger partial charge in [-0.2, -0.15) is 0 Å². The molecule has 0 saturated carbocycles. The Balaban J connectivity index is 1.41. The average molecular weight is 462 g/mol. The van der Waals surface area contributed by atoms with Crippen LogP contribution in [0.25, 0.3) is 11.1 Å². The van der Waals surface area contributed by atoms with Gasteiger partial charge >= 0.3 is 12.1 Å². The highest BCUT2D eigenvalue weighted by molar-refractivity contribution is 6.02. The molecule has 8 heteroatoms. The first-order valence-corrected chi connectivity index (χ1v) is 10.8. The highest BCUT2D eigenvalue weighted by Gasteiger charge is 2.29. The zero-order valence-electron chi connectivity index (χ0n) is 18.4. The van der Waals surface area contributed by atoms with E-state index in [9.17, 15) is 23.9 Å². The minimum atomic E-state index is -1.31. The second kappa shape index (κ2) is 9.74. The number of hydrogen-bond acceptors (Lipinski definition) is 4. The van der Waals surface area contributed by atoms with Gasteiger partial charge in [0.05, 0.1) is 11.3 Å². The van der Waals surface area contributed by atoms with Gasteiger partial charge in [0.15, 0.2) is 0 Å². The number of halogens is 1. The first-order chi connectivity index (χ1) is 16.4. The maximum Gasteiger partial charge on any atom is 0.407 e. The van der Waals surface area contributed by atoms with Crippen molar-refractivity contribution in [2.24, 2.45) is 0 Å². The van der Waals surface area contributed by atoms with Gasteiger partial charge in [0.25, 0.3) is 0 Å². The molecule has 0 spiro atoms. The second-order valence-corrected chi connectivity index (χ2v) is 7.92.